The highest BCUT2D eigenvalue weighted by Crippen LogP contribution is 2.12. The van der Waals surface area contributed by atoms with Gasteiger partial charge in [0.15, 0.2) is 0 Å². The first-order valence-electron chi connectivity index (χ1n) is 6.68. The third-order valence-corrected chi connectivity index (χ3v) is 3.83. The third kappa shape index (κ3) is 4.43. The molecule has 0 aromatic carbocycles. The van der Waals surface area contributed by atoms with Crippen molar-refractivity contribution in [2.45, 2.75) is 19.9 Å². The van der Waals surface area contributed by atoms with Crippen LogP contribution in [-0.2, 0) is 6.54 Å². The Hall–Kier alpha value is -1.72. The highest BCUT2D eigenvalue weighted by Gasteiger charge is 2.08. The van der Waals surface area contributed by atoms with Crippen molar-refractivity contribution in [3.63, 3.8) is 0 Å². The molecule has 4 nitrogen and oxygen atoms in total. The topological polar surface area (TPSA) is 54.0 Å². The van der Waals surface area contributed by atoms with Crippen LogP contribution in [-0.4, -0.2) is 24.0 Å². The predicted octanol–water partition coefficient (Wildman–Crippen LogP) is 2.36. The number of thiophene rings is 1. The molecule has 0 atom stereocenters. The second-order valence-corrected chi connectivity index (χ2v) is 5.36. The van der Waals surface area contributed by atoms with Crippen molar-refractivity contribution in [2.75, 3.05) is 13.1 Å². The maximum atomic E-state index is 11.8. The fourth-order valence-electron chi connectivity index (χ4n) is 1.84. The second kappa shape index (κ2) is 7.77. The first-order chi connectivity index (χ1) is 9.77. The van der Waals surface area contributed by atoms with Gasteiger partial charge in [0.1, 0.15) is 0 Å². The molecule has 0 aliphatic rings. The van der Waals surface area contributed by atoms with Crippen LogP contribution >= 0.6 is 11.3 Å². The van der Waals surface area contributed by atoms with E-state index in [1.807, 2.05) is 36.0 Å². The van der Waals surface area contributed by atoms with Crippen LogP contribution in [0, 0.1) is 6.92 Å². The molecular weight excluding hydrogens is 270 g/mol. The standard InChI is InChI=1S/C15H19N3OS/c1-12-10-20-11-14(12)15(19)18-7-3-6-17-9-13-4-2-5-16-8-13/h2,4-5,8,10-11,17H,3,6-7,9H2,1H3,(H,18,19). The van der Waals surface area contributed by atoms with Crippen molar-refractivity contribution in [3.8, 4) is 0 Å². The Kier molecular flexibility index (Phi) is 5.70. The second-order valence-electron chi connectivity index (χ2n) is 4.62. The molecule has 1 amide bonds. The molecule has 0 aliphatic heterocycles. The molecule has 0 spiro atoms. The molecule has 2 heterocycles. The number of hydrogen-bond donors (Lipinski definition) is 2. The lowest BCUT2D eigenvalue weighted by atomic mass is 10.2. The van der Waals surface area contributed by atoms with Gasteiger partial charge in [-0.05, 0) is 42.5 Å². The van der Waals surface area contributed by atoms with Crippen LogP contribution in [0.2, 0.25) is 0 Å². The highest BCUT2D eigenvalue weighted by molar-refractivity contribution is 7.08. The predicted molar refractivity (Wildman–Crippen MR) is 81.9 cm³/mol. The average Bonchev–Trinajstić information content (AvgIpc) is 2.90. The van der Waals surface area contributed by atoms with Crippen LogP contribution < -0.4 is 10.6 Å². The summed E-state index contributed by atoms with van der Waals surface area (Å²) in [6.45, 7) is 4.33. The van der Waals surface area contributed by atoms with E-state index in [0.29, 0.717) is 6.54 Å². The van der Waals surface area contributed by atoms with Gasteiger partial charge < -0.3 is 10.6 Å². The van der Waals surface area contributed by atoms with Crippen LogP contribution in [0.5, 0.6) is 0 Å². The third-order valence-electron chi connectivity index (χ3n) is 2.97. The summed E-state index contributed by atoms with van der Waals surface area (Å²) in [4.78, 5) is 15.9. The Morgan fingerprint density at radius 3 is 2.95 bits per heavy atom. The monoisotopic (exact) mass is 289 g/mol. The van der Waals surface area contributed by atoms with Crippen LogP contribution in [0.25, 0.3) is 0 Å². The SMILES string of the molecule is Cc1cscc1C(=O)NCCCNCc1cccnc1. The van der Waals surface area contributed by atoms with Gasteiger partial charge in [-0.1, -0.05) is 6.07 Å². The minimum absolute atomic E-state index is 0.0241. The van der Waals surface area contributed by atoms with Crippen molar-refractivity contribution in [2.24, 2.45) is 0 Å². The van der Waals surface area contributed by atoms with Crippen molar-refractivity contribution < 1.29 is 4.79 Å². The van der Waals surface area contributed by atoms with Gasteiger partial charge in [-0.2, -0.15) is 11.3 Å². The molecule has 0 saturated carbocycles. The maximum Gasteiger partial charge on any atom is 0.252 e. The van der Waals surface area contributed by atoms with E-state index in [2.05, 4.69) is 15.6 Å². The number of pyridine rings is 1. The van der Waals surface area contributed by atoms with Crippen molar-refractivity contribution in [3.05, 3.63) is 52.0 Å². The van der Waals surface area contributed by atoms with Crippen LogP contribution in [0.1, 0.15) is 27.9 Å². The molecule has 2 aromatic rings. The van der Waals surface area contributed by atoms with Crippen LogP contribution in [0.15, 0.2) is 35.3 Å². The van der Waals surface area contributed by atoms with Crippen LogP contribution in [0.3, 0.4) is 0 Å². The zero-order valence-electron chi connectivity index (χ0n) is 11.6. The van der Waals surface area contributed by atoms with E-state index in [0.717, 1.165) is 30.6 Å². The van der Waals surface area contributed by atoms with Crippen molar-refractivity contribution in [1.29, 1.82) is 0 Å². The van der Waals surface area contributed by atoms with E-state index in [-0.39, 0.29) is 5.91 Å². The number of carbonyl (C=O) groups is 1. The van der Waals surface area contributed by atoms with Gasteiger partial charge >= 0.3 is 0 Å². The lowest BCUT2D eigenvalue weighted by molar-refractivity contribution is 0.0953. The minimum Gasteiger partial charge on any atom is -0.352 e. The maximum absolute atomic E-state index is 11.8. The molecule has 2 rings (SSSR count). The summed E-state index contributed by atoms with van der Waals surface area (Å²) < 4.78 is 0. The Bertz CT molecular complexity index is 539. The molecule has 0 aliphatic carbocycles. The molecule has 5 heteroatoms. The molecule has 0 fully saturated rings. The van der Waals surface area contributed by atoms with Crippen LogP contribution in [0.4, 0.5) is 0 Å². The first-order valence-corrected chi connectivity index (χ1v) is 7.62. The zero-order chi connectivity index (χ0) is 14.2. The zero-order valence-corrected chi connectivity index (χ0v) is 12.4. The Balaban J connectivity index is 1.58. The van der Waals surface area contributed by atoms with Gasteiger partial charge in [0.2, 0.25) is 0 Å². The average molecular weight is 289 g/mol. The van der Waals surface area contributed by atoms with Gasteiger partial charge in [0, 0.05) is 30.9 Å². The van der Waals surface area contributed by atoms with E-state index >= 15 is 0 Å². The number of hydrogen-bond acceptors (Lipinski definition) is 4. The largest absolute Gasteiger partial charge is 0.352 e. The molecule has 2 aromatic heterocycles. The van der Waals surface area contributed by atoms with E-state index < -0.39 is 0 Å². The lowest BCUT2D eigenvalue weighted by Crippen LogP contribution is -2.27. The number of nitrogens with zero attached hydrogens (tertiary/aromatic N) is 1. The van der Waals surface area contributed by atoms with Gasteiger partial charge in [0.05, 0.1) is 5.56 Å². The minimum atomic E-state index is 0.0241. The summed E-state index contributed by atoms with van der Waals surface area (Å²) in [5, 5.41) is 10.2. The molecule has 106 valence electrons. The fourth-order valence-corrected chi connectivity index (χ4v) is 2.67. The quantitative estimate of drug-likeness (QED) is 0.769. The number of aryl methyl sites for hydroxylation is 1. The lowest BCUT2D eigenvalue weighted by Gasteiger charge is -2.06. The Morgan fingerprint density at radius 1 is 1.35 bits per heavy atom. The number of amides is 1. The molecule has 20 heavy (non-hydrogen) atoms. The van der Waals surface area contributed by atoms with Gasteiger partial charge in [-0.25, -0.2) is 0 Å². The Morgan fingerprint density at radius 2 is 2.25 bits per heavy atom. The van der Waals surface area contributed by atoms with Crippen molar-refractivity contribution >= 4 is 17.2 Å². The molecule has 0 radical (unpaired) electrons. The van der Waals surface area contributed by atoms with Gasteiger partial charge in [-0.15, -0.1) is 0 Å². The van der Waals surface area contributed by atoms with E-state index in [9.17, 15) is 4.79 Å². The highest BCUT2D eigenvalue weighted by atomic mass is 32.1. The molecule has 0 unspecified atom stereocenters. The Labute approximate surface area is 123 Å². The molecular formula is C15H19N3OS. The fraction of sp³-hybridized carbons (Fsp3) is 0.333. The summed E-state index contributed by atoms with van der Waals surface area (Å²) in [6, 6.07) is 3.97. The number of rotatable bonds is 7. The summed E-state index contributed by atoms with van der Waals surface area (Å²) >= 11 is 1.56. The summed E-state index contributed by atoms with van der Waals surface area (Å²) in [7, 11) is 0. The van der Waals surface area contributed by atoms with E-state index in [1.165, 1.54) is 5.56 Å². The van der Waals surface area contributed by atoms with Gasteiger partial charge in [0.25, 0.3) is 5.91 Å². The smallest absolute Gasteiger partial charge is 0.252 e. The number of nitrogens with one attached hydrogen (secondary N) is 2. The summed E-state index contributed by atoms with van der Waals surface area (Å²) in [5.74, 6) is 0.0241. The van der Waals surface area contributed by atoms with E-state index in [4.69, 9.17) is 0 Å². The molecule has 0 saturated heterocycles. The van der Waals surface area contributed by atoms with E-state index in [1.54, 1.807) is 17.5 Å². The molecule has 0 bridgehead atoms. The summed E-state index contributed by atoms with van der Waals surface area (Å²) in [6.07, 6.45) is 4.54. The van der Waals surface area contributed by atoms with Crippen molar-refractivity contribution in [1.82, 2.24) is 15.6 Å². The van der Waals surface area contributed by atoms with Gasteiger partial charge in [-0.3, -0.25) is 9.78 Å². The normalized spacial score (nSPS) is 10.4. The summed E-state index contributed by atoms with van der Waals surface area (Å²) in [5.41, 5.74) is 3.01. The number of aromatic nitrogens is 1. The molecule has 2 N–H and O–H groups in total. The number of carbonyl (C=O) groups excluding carboxylic acids is 1. The first kappa shape index (κ1) is 14.7.